The fourth-order valence-corrected chi connectivity index (χ4v) is 3.76. The Kier molecular flexibility index (Phi) is 4.24. The highest BCUT2D eigenvalue weighted by Gasteiger charge is 2.40. The number of carbonyl (C=O) groups is 2. The molecule has 2 aromatic carbocycles. The summed E-state index contributed by atoms with van der Waals surface area (Å²) in [5, 5.41) is 0. The highest BCUT2D eigenvalue weighted by atomic mass is 19.1. The van der Waals surface area contributed by atoms with Gasteiger partial charge in [-0.1, -0.05) is 6.07 Å². The van der Waals surface area contributed by atoms with Gasteiger partial charge in [0.05, 0.1) is 17.9 Å². The van der Waals surface area contributed by atoms with Crippen LogP contribution < -0.4 is 14.4 Å². The molecule has 8 heteroatoms. The summed E-state index contributed by atoms with van der Waals surface area (Å²) < 4.78 is 38.4. The number of anilines is 1. The molecule has 1 fully saturated rings. The lowest BCUT2D eigenvalue weighted by molar-refractivity contribution is -0.114. The van der Waals surface area contributed by atoms with Crippen molar-refractivity contribution in [2.45, 2.75) is 25.4 Å². The number of rotatable bonds is 5. The molecule has 0 atom stereocenters. The van der Waals surface area contributed by atoms with Gasteiger partial charge in [0.25, 0.3) is 5.78 Å². The van der Waals surface area contributed by atoms with E-state index in [0.29, 0.717) is 36.0 Å². The quantitative estimate of drug-likeness (QED) is 0.723. The van der Waals surface area contributed by atoms with Crippen molar-refractivity contribution < 1.29 is 27.8 Å². The number of hydrogen-bond donors (Lipinski definition) is 0. The molecule has 0 bridgehead atoms. The van der Waals surface area contributed by atoms with Crippen LogP contribution in [0.3, 0.4) is 0 Å². The van der Waals surface area contributed by atoms with Crippen molar-refractivity contribution in [3.8, 4) is 11.5 Å². The molecule has 1 aliphatic carbocycles. The molecule has 5 rings (SSSR count). The zero-order valence-electron chi connectivity index (χ0n) is 15.5. The van der Waals surface area contributed by atoms with E-state index in [9.17, 15) is 18.4 Å². The molecular weight excluding hydrogens is 382 g/mol. The number of benzene rings is 2. The van der Waals surface area contributed by atoms with Gasteiger partial charge in [0.2, 0.25) is 0 Å². The molecule has 0 spiro atoms. The number of nitrogens with zero attached hydrogens (tertiary/aromatic N) is 2. The van der Waals surface area contributed by atoms with Crippen molar-refractivity contribution in [1.29, 1.82) is 0 Å². The molecular formula is C21H18F2N2O4. The summed E-state index contributed by atoms with van der Waals surface area (Å²) in [6.45, 7) is 1.13. The molecule has 0 aromatic heterocycles. The second kappa shape index (κ2) is 6.81. The van der Waals surface area contributed by atoms with Gasteiger partial charge in [-0.25, -0.2) is 8.78 Å². The Morgan fingerprint density at radius 3 is 2.45 bits per heavy atom. The largest absolute Gasteiger partial charge is 0.486 e. The van der Waals surface area contributed by atoms with Crippen LogP contribution in [0.4, 0.5) is 14.5 Å². The van der Waals surface area contributed by atoms with E-state index in [1.165, 1.54) is 17.0 Å². The fourth-order valence-electron chi connectivity index (χ4n) is 3.76. The predicted molar refractivity (Wildman–Crippen MR) is 99.0 cm³/mol. The summed E-state index contributed by atoms with van der Waals surface area (Å²) in [5.74, 6) is -1.55. The minimum Gasteiger partial charge on any atom is -0.486 e. The first-order chi connectivity index (χ1) is 14.0. The topological polar surface area (TPSA) is 59.1 Å². The number of hydrogen-bond acceptors (Lipinski definition) is 5. The summed E-state index contributed by atoms with van der Waals surface area (Å²) in [4.78, 5) is 28.5. The maximum absolute atomic E-state index is 14.1. The highest BCUT2D eigenvalue weighted by molar-refractivity contribution is 6.52. The van der Waals surface area contributed by atoms with Gasteiger partial charge in [0.1, 0.15) is 24.8 Å². The molecule has 0 N–H and O–H groups in total. The maximum Gasteiger partial charge on any atom is 0.300 e. The van der Waals surface area contributed by atoms with Crippen LogP contribution >= 0.6 is 0 Å². The van der Waals surface area contributed by atoms with Crippen LogP contribution in [0.2, 0.25) is 0 Å². The zero-order chi connectivity index (χ0) is 20.1. The minimum absolute atomic E-state index is 0.138. The number of carbonyl (C=O) groups excluding carboxylic acids is 2. The van der Waals surface area contributed by atoms with E-state index >= 15 is 0 Å². The molecule has 2 aromatic rings. The second-order valence-corrected chi connectivity index (χ2v) is 7.43. The van der Waals surface area contributed by atoms with Crippen LogP contribution in [0, 0.1) is 11.6 Å². The average molecular weight is 400 g/mol. The van der Waals surface area contributed by atoms with Crippen molar-refractivity contribution in [2.24, 2.45) is 0 Å². The standard InChI is InChI=1S/C21H18F2N2O4/c22-13-2-1-12(16(23)7-13)10-24(14-3-4-14)11-25-17-9-19-18(28-5-6-29-19)8-15(17)20(26)21(25)27/h1-2,7-9,14H,3-6,10-11H2. The maximum atomic E-state index is 14.1. The van der Waals surface area contributed by atoms with Crippen LogP contribution in [-0.4, -0.2) is 42.5 Å². The van der Waals surface area contributed by atoms with Gasteiger partial charge >= 0.3 is 5.91 Å². The average Bonchev–Trinajstić information content (AvgIpc) is 3.53. The van der Waals surface area contributed by atoms with Crippen LogP contribution in [0.1, 0.15) is 28.8 Å². The number of Topliss-reactive ketones (excluding diaryl/α,β-unsaturated/α-hetero) is 1. The van der Waals surface area contributed by atoms with Crippen LogP contribution in [0.5, 0.6) is 11.5 Å². The van der Waals surface area contributed by atoms with E-state index < -0.39 is 23.3 Å². The number of amides is 1. The number of ether oxygens (including phenoxy) is 2. The van der Waals surface area contributed by atoms with E-state index in [-0.39, 0.29) is 24.8 Å². The van der Waals surface area contributed by atoms with Gasteiger partial charge in [0, 0.05) is 30.3 Å². The van der Waals surface area contributed by atoms with Gasteiger partial charge in [-0.2, -0.15) is 0 Å². The smallest absolute Gasteiger partial charge is 0.300 e. The van der Waals surface area contributed by atoms with Crippen LogP contribution in [-0.2, 0) is 11.3 Å². The summed E-state index contributed by atoms with van der Waals surface area (Å²) in [5.41, 5.74) is 1.09. The third kappa shape index (κ3) is 3.23. The Morgan fingerprint density at radius 1 is 1.03 bits per heavy atom. The van der Waals surface area contributed by atoms with Crippen molar-refractivity contribution in [3.05, 3.63) is 53.1 Å². The third-order valence-corrected chi connectivity index (χ3v) is 5.41. The highest BCUT2D eigenvalue weighted by Crippen LogP contribution is 2.41. The third-order valence-electron chi connectivity index (χ3n) is 5.41. The second-order valence-electron chi connectivity index (χ2n) is 7.43. The van der Waals surface area contributed by atoms with Crippen LogP contribution in [0.15, 0.2) is 30.3 Å². The zero-order valence-corrected chi connectivity index (χ0v) is 15.5. The first kappa shape index (κ1) is 18.1. The van der Waals surface area contributed by atoms with Crippen molar-refractivity contribution in [3.63, 3.8) is 0 Å². The van der Waals surface area contributed by atoms with Gasteiger partial charge in [-0.3, -0.25) is 19.4 Å². The van der Waals surface area contributed by atoms with E-state index in [4.69, 9.17) is 9.47 Å². The molecule has 3 aliphatic rings. The monoisotopic (exact) mass is 400 g/mol. The summed E-state index contributed by atoms with van der Waals surface area (Å²) in [6.07, 6.45) is 1.85. The van der Waals surface area contributed by atoms with Gasteiger partial charge in [-0.15, -0.1) is 0 Å². The Hall–Kier alpha value is -3.00. The number of fused-ring (bicyclic) bond motifs is 2. The van der Waals surface area contributed by atoms with Crippen molar-refractivity contribution in [2.75, 3.05) is 24.8 Å². The molecule has 1 amide bonds. The van der Waals surface area contributed by atoms with E-state index in [1.807, 2.05) is 4.90 Å². The summed E-state index contributed by atoms with van der Waals surface area (Å²) >= 11 is 0. The Morgan fingerprint density at radius 2 is 1.76 bits per heavy atom. The van der Waals surface area contributed by atoms with Gasteiger partial charge in [0.15, 0.2) is 11.5 Å². The molecule has 0 radical (unpaired) electrons. The molecule has 6 nitrogen and oxygen atoms in total. The number of halogens is 2. The Bertz CT molecular complexity index is 1020. The summed E-state index contributed by atoms with van der Waals surface area (Å²) in [6, 6.07) is 6.86. The van der Waals surface area contributed by atoms with Gasteiger partial charge < -0.3 is 9.47 Å². The van der Waals surface area contributed by atoms with Crippen molar-refractivity contribution in [1.82, 2.24) is 4.90 Å². The minimum atomic E-state index is -0.634. The first-order valence-corrected chi connectivity index (χ1v) is 9.49. The number of ketones is 1. The lowest BCUT2D eigenvalue weighted by Gasteiger charge is -2.28. The predicted octanol–water partition coefficient (Wildman–Crippen LogP) is 2.89. The molecule has 2 heterocycles. The molecule has 150 valence electrons. The van der Waals surface area contributed by atoms with E-state index in [2.05, 4.69) is 0 Å². The molecule has 29 heavy (non-hydrogen) atoms. The Balaban J connectivity index is 1.44. The van der Waals surface area contributed by atoms with Crippen LogP contribution in [0.25, 0.3) is 0 Å². The molecule has 0 saturated heterocycles. The first-order valence-electron chi connectivity index (χ1n) is 9.49. The SMILES string of the molecule is O=C1C(=O)N(CN(Cc2ccc(F)cc2F)C2CC2)c2cc3c(cc21)OCCO3. The molecule has 2 aliphatic heterocycles. The molecule has 0 unspecified atom stereocenters. The van der Waals surface area contributed by atoms with E-state index in [0.717, 1.165) is 18.9 Å². The fraction of sp³-hybridized carbons (Fsp3) is 0.333. The van der Waals surface area contributed by atoms with Crippen molar-refractivity contribution >= 4 is 17.4 Å². The normalized spacial score (nSPS) is 17.8. The van der Waals surface area contributed by atoms with E-state index in [1.54, 1.807) is 12.1 Å². The Labute approximate surface area is 165 Å². The lowest BCUT2D eigenvalue weighted by Crippen LogP contribution is -2.41. The summed E-state index contributed by atoms with van der Waals surface area (Å²) in [7, 11) is 0. The molecule has 1 saturated carbocycles. The van der Waals surface area contributed by atoms with Gasteiger partial charge in [-0.05, 0) is 25.0 Å². The lowest BCUT2D eigenvalue weighted by atomic mass is 10.1.